The maximum atomic E-state index is 4.12. The van der Waals surface area contributed by atoms with Gasteiger partial charge in [0, 0.05) is 34.7 Å². The third-order valence-electron chi connectivity index (χ3n) is 3.28. The van der Waals surface area contributed by atoms with Gasteiger partial charge in [0.2, 0.25) is 0 Å². The van der Waals surface area contributed by atoms with Crippen molar-refractivity contribution in [2.75, 3.05) is 0 Å². The fourth-order valence-electron chi connectivity index (χ4n) is 2.15. The lowest BCUT2D eigenvalue weighted by Crippen LogP contribution is -2.18. The van der Waals surface area contributed by atoms with E-state index in [-0.39, 0.29) is 0 Å². The van der Waals surface area contributed by atoms with E-state index < -0.39 is 0 Å². The molecular weight excluding hydrogens is 240 g/mol. The Hall–Kier alpha value is -1.19. The highest BCUT2D eigenvalue weighted by atomic mass is 32.1. The lowest BCUT2D eigenvalue weighted by molar-refractivity contribution is 0.572. The summed E-state index contributed by atoms with van der Waals surface area (Å²) in [7, 11) is 0. The maximum absolute atomic E-state index is 4.12. The number of thiophene rings is 1. The van der Waals surface area contributed by atoms with Crippen LogP contribution in [-0.4, -0.2) is 4.98 Å². The maximum Gasteiger partial charge on any atom is 0.0305 e. The van der Waals surface area contributed by atoms with Crippen molar-refractivity contribution in [1.82, 2.24) is 10.3 Å². The van der Waals surface area contributed by atoms with Gasteiger partial charge in [-0.1, -0.05) is 0 Å². The van der Waals surface area contributed by atoms with E-state index in [2.05, 4.69) is 50.1 Å². The van der Waals surface area contributed by atoms with E-state index in [1.807, 2.05) is 23.7 Å². The van der Waals surface area contributed by atoms with Crippen molar-refractivity contribution >= 4 is 11.3 Å². The second kappa shape index (κ2) is 5.63. The summed E-state index contributed by atoms with van der Waals surface area (Å²) in [5.74, 6) is 0. The molecule has 96 valence electrons. The average Bonchev–Trinajstić information content (AvgIpc) is 2.67. The van der Waals surface area contributed by atoms with Gasteiger partial charge >= 0.3 is 0 Å². The number of nitrogens with zero attached hydrogens (tertiary/aromatic N) is 1. The third kappa shape index (κ3) is 2.98. The molecular formula is C15H20N2S. The number of hydrogen-bond acceptors (Lipinski definition) is 3. The summed E-state index contributed by atoms with van der Waals surface area (Å²) in [5.41, 5.74) is 3.99. The summed E-state index contributed by atoms with van der Waals surface area (Å²) in [6.07, 6.45) is 3.77. The van der Waals surface area contributed by atoms with Gasteiger partial charge in [0.05, 0.1) is 0 Å². The number of aryl methyl sites for hydroxylation is 3. The average molecular weight is 260 g/mol. The van der Waals surface area contributed by atoms with Crippen LogP contribution in [-0.2, 0) is 6.54 Å². The van der Waals surface area contributed by atoms with Crippen LogP contribution in [0.15, 0.2) is 24.5 Å². The molecule has 3 heteroatoms. The SMILES string of the molecule is Cc1cc(C(C)NCc2ccncc2C)c(C)s1. The van der Waals surface area contributed by atoms with Crippen LogP contribution >= 0.6 is 11.3 Å². The standard InChI is InChI=1S/C15H20N2S/c1-10-8-16-6-5-14(10)9-17-12(3)15-7-11(2)18-13(15)4/h5-8,12,17H,9H2,1-4H3. The zero-order valence-corrected chi connectivity index (χ0v) is 12.3. The highest BCUT2D eigenvalue weighted by molar-refractivity contribution is 7.12. The Morgan fingerprint density at radius 1 is 1.33 bits per heavy atom. The summed E-state index contributed by atoms with van der Waals surface area (Å²) < 4.78 is 0. The largest absolute Gasteiger partial charge is 0.306 e. The molecule has 1 atom stereocenters. The van der Waals surface area contributed by atoms with Crippen molar-refractivity contribution < 1.29 is 0 Å². The van der Waals surface area contributed by atoms with Crippen LogP contribution in [0.2, 0.25) is 0 Å². The lowest BCUT2D eigenvalue weighted by atomic mass is 10.1. The first kappa shape index (κ1) is 13.2. The van der Waals surface area contributed by atoms with Gasteiger partial charge in [-0.2, -0.15) is 0 Å². The number of pyridine rings is 1. The topological polar surface area (TPSA) is 24.9 Å². The van der Waals surface area contributed by atoms with Crippen LogP contribution < -0.4 is 5.32 Å². The van der Waals surface area contributed by atoms with Crippen LogP contribution in [0, 0.1) is 20.8 Å². The highest BCUT2D eigenvalue weighted by Gasteiger charge is 2.10. The second-order valence-corrected chi connectivity index (χ2v) is 6.23. The van der Waals surface area contributed by atoms with Crippen LogP contribution in [0.1, 0.15) is 39.4 Å². The van der Waals surface area contributed by atoms with Gasteiger partial charge in [0.25, 0.3) is 0 Å². The van der Waals surface area contributed by atoms with E-state index in [1.165, 1.54) is 26.4 Å². The minimum atomic E-state index is 0.391. The Kier molecular flexibility index (Phi) is 4.15. The Labute approximate surface area is 113 Å². The minimum absolute atomic E-state index is 0.391. The molecule has 0 radical (unpaired) electrons. The summed E-state index contributed by atoms with van der Waals surface area (Å²) >= 11 is 1.87. The van der Waals surface area contributed by atoms with Crippen LogP contribution in [0.4, 0.5) is 0 Å². The third-order valence-corrected chi connectivity index (χ3v) is 4.26. The molecule has 0 aliphatic heterocycles. The molecule has 0 aliphatic rings. The summed E-state index contributed by atoms with van der Waals surface area (Å²) in [6.45, 7) is 9.59. The molecule has 0 amide bonds. The first-order chi connectivity index (χ1) is 8.58. The van der Waals surface area contributed by atoms with Gasteiger partial charge in [-0.3, -0.25) is 4.98 Å². The van der Waals surface area contributed by atoms with Crippen LogP contribution in [0.3, 0.4) is 0 Å². The fourth-order valence-corrected chi connectivity index (χ4v) is 3.18. The molecule has 2 heterocycles. The van der Waals surface area contributed by atoms with Crippen molar-refractivity contribution in [1.29, 1.82) is 0 Å². The predicted octanol–water partition coefficient (Wildman–Crippen LogP) is 3.92. The summed E-state index contributed by atoms with van der Waals surface area (Å²) in [4.78, 5) is 6.92. The zero-order chi connectivity index (χ0) is 13.1. The van der Waals surface area contributed by atoms with E-state index in [0.717, 1.165) is 6.54 Å². The number of aromatic nitrogens is 1. The lowest BCUT2D eigenvalue weighted by Gasteiger charge is -2.14. The Balaban J connectivity index is 2.03. The minimum Gasteiger partial charge on any atom is -0.306 e. The van der Waals surface area contributed by atoms with Crippen molar-refractivity contribution in [2.45, 2.75) is 40.3 Å². The normalized spacial score (nSPS) is 12.7. The van der Waals surface area contributed by atoms with Crippen LogP contribution in [0.5, 0.6) is 0 Å². The Morgan fingerprint density at radius 3 is 2.72 bits per heavy atom. The molecule has 0 fully saturated rings. The van der Waals surface area contributed by atoms with Crippen molar-refractivity contribution in [2.24, 2.45) is 0 Å². The van der Waals surface area contributed by atoms with Gasteiger partial charge in [0.1, 0.15) is 0 Å². The van der Waals surface area contributed by atoms with Gasteiger partial charge < -0.3 is 5.32 Å². The number of hydrogen-bond donors (Lipinski definition) is 1. The van der Waals surface area contributed by atoms with Gasteiger partial charge in [-0.05, 0) is 56.5 Å². The molecule has 2 nitrogen and oxygen atoms in total. The molecule has 1 N–H and O–H groups in total. The van der Waals surface area contributed by atoms with Crippen molar-refractivity contribution in [3.63, 3.8) is 0 Å². The molecule has 2 aromatic heterocycles. The highest BCUT2D eigenvalue weighted by Crippen LogP contribution is 2.26. The predicted molar refractivity (Wildman–Crippen MR) is 78.0 cm³/mol. The molecule has 0 spiro atoms. The molecule has 1 unspecified atom stereocenters. The monoisotopic (exact) mass is 260 g/mol. The van der Waals surface area contributed by atoms with Crippen LogP contribution in [0.25, 0.3) is 0 Å². The van der Waals surface area contributed by atoms with Crippen molar-refractivity contribution in [3.8, 4) is 0 Å². The van der Waals surface area contributed by atoms with E-state index >= 15 is 0 Å². The van der Waals surface area contributed by atoms with Gasteiger partial charge in [-0.25, -0.2) is 0 Å². The molecule has 2 aromatic rings. The summed E-state index contributed by atoms with van der Waals surface area (Å²) in [6, 6.07) is 4.76. The molecule has 0 aliphatic carbocycles. The van der Waals surface area contributed by atoms with E-state index in [4.69, 9.17) is 0 Å². The van der Waals surface area contributed by atoms with E-state index in [0.29, 0.717) is 6.04 Å². The van der Waals surface area contributed by atoms with Crippen molar-refractivity contribution in [3.05, 3.63) is 51.0 Å². The zero-order valence-electron chi connectivity index (χ0n) is 11.4. The quantitative estimate of drug-likeness (QED) is 0.901. The molecule has 0 bridgehead atoms. The number of nitrogens with one attached hydrogen (secondary N) is 1. The Morgan fingerprint density at radius 2 is 2.11 bits per heavy atom. The molecule has 0 saturated heterocycles. The van der Waals surface area contributed by atoms with E-state index in [9.17, 15) is 0 Å². The van der Waals surface area contributed by atoms with Gasteiger partial charge in [0.15, 0.2) is 0 Å². The van der Waals surface area contributed by atoms with Gasteiger partial charge in [-0.15, -0.1) is 11.3 Å². The molecule has 0 saturated carbocycles. The van der Waals surface area contributed by atoms with E-state index in [1.54, 1.807) is 0 Å². The molecule has 2 rings (SSSR count). The second-order valence-electron chi connectivity index (χ2n) is 4.77. The smallest absolute Gasteiger partial charge is 0.0305 e. The molecule has 0 aromatic carbocycles. The first-order valence-electron chi connectivity index (χ1n) is 6.27. The summed E-state index contributed by atoms with van der Waals surface area (Å²) in [5, 5.41) is 3.59. The Bertz CT molecular complexity index is 531. The molecule has 18 heavy (non-hydrogen) atoms. The first-order valence-corrected chi connectivity index (χ1v) is 7.09. The number of rotatable bonds is 4. The fraction of sp³-hybridized carbons (Fsp3) is 0.400.